The zero-order valence-electron chi connectivity index (χ0n) is 20.5. The standard InChI is InChI=1S/C26H24F3N3O5S/c1-15(2)21-11-17(13-30)12-22-23(21)36-25(32-22)19-7-5-18(6-8-19)24(33)31-14-16-3-9-20(10-4-16)37-38(34,35)26(27,28)29/h5-9,11-12,15-16H,3-4,10,14H2,1-2H3,(H,31,33). The minimum Gasteiger partial charge on any atom is -0.436 e. The number of nitrogens with zero attached hydrogens (tertiary/aromatic N) is 2. The average molecular weight is 548 g/mol. The minimum absolute atomic E-state index is 0.0173. The van der Waals surface area contributed by atoms with Crippen LogP contribution < -0.4 is 5.32 Å². The van der Waals surface area contributed by atoms with Crippen molar-refractivity contribution in [2.45, 2.75) is 44.5 Å². The maximum Gasteiger partial charge on any atom is 0.534 e. The lowest BCUT2D eigenvalue weighted by atomic mass is 9.93. The second-order valence-corrected chi connectivity index (χ2v) is 10.8. The Hall–Kier alpha value is -3.85. The number of amides is 1. The van der Waals surface area contributed by atoms with Gasteiger partial charge in [-0.3, -0.25) is 4.79 Å². The molecule has 1 amide bonds. The van der Waals surface area contributed by atoms with E-state index in [0.717, 1.165) is 5.56 Å². The van der Waals surface area contributed by atoms with Crippen LogP contribution in [0.4, 0.5) is 13.2 Å². The molecule has 1 N–H and O–H groups in total. The van der Waals surface area contributed by atoms with Gasteiger partial charge < -0.3 is 13.9 Å². The first-order valence-electron chi connectivity index (χ1n) is 11.8. The number of carbonyl (C=O) groups is 1. The molecular weight excluding hydrogens is 523 g/mol. The lowest BCUT2D eigenvalue weighted by Gasteiger charge is -2.22. The fourth-order valence-electron chi connectivity index (χ4n) is 4.09. The molecule has 1 aliphatic rings. The molecule has 0 saturated carbocycles. The van der Waals surface area contributed by atoms with Crippen LogP contribution in [0.2, 0.25) is 0 Å². The van der Waals surface area contributed by atoms with Crippen LogP contribution in [0.1, 0.15) is 60.5 Å². The van der Waals surface area contributed by atoms with E-state index in [1.807, 2.05) is 13.8 Å². The van der Waals surface area contributed by atoms with Crippen molar-refractivity contribution in [2.24, 2.45) is 5.92 Å². The summed E-state index contributed by atoms with van der Waals surface area (Å²) < 4.78 is 69.9. The van der Waals surface area contributed by atoms with Crippen molar-refractivity contribution in [3.63, 3.8) is 0 Å². The van der Waals surface area contributed by atoms with Crippen LogP contribution in [0.15, 0.2) is 52.7 Å². The molecule has 2 aromatic carbocycles. The third-order valence-corrected chi connectivity index (χ3v) is 7.19. The normalized spacial score (nSPS) is 16.2. The molecule has 8 nitrogen and oxygen atoms in total. The molecule has 0 spiro atoms. The number of carbonyl (C=O) groups excluding carboxylic acids is 1. The van der Waals surface area contributed by atoms with Gasteiger partial charge in [0.2, 0.25) is 5.89 Å². The highest BCUT2D eigenvalue weighted by molar-refractivity contribution is 7.87. The molecule has 1 aliphatic carbocycles. The van der Waals surface area contributed by atoms with Crippen LogP contribution in [0.25, 0.3) is 22.6 Å². The smallest absolute Gasteiger partial charge is 0.436 e. The first-order chi connectivity index (χ1) is 17.9. The van der Waals surface area contributed by atoms with E-state index in [1.165, 1.54) is 6.08 Å². The Morgan fingerprint density at radius 1 is 1.26 bits per heavy atom. The Kier molecular flexibility index (Phi) is 7.51. The topological polar surface area (TPSA) is 122 Å². The number of alkyl halides is 3. The number of halogens is 3. The lowest BCUT2D eigenvalue weighted by Crippen LogP contribution is -2.30. The van der Waals surface area contributed by atoms with Gasteiger partial charge in [0.1, 0.15) is 11.3 Å². The van der Waals surface area contributed by atoms with E-state index < -0.39 is 15.6 Å². The third kappa shape index (κ3) is 5.83. The number of allylic oxidation sites excluding steroid dienone is 2. The fraction of sp³-hybridized carbons (Fsp3) is 0.346. The number of nitriles is 1. The van der Waals surface area contributed by atoms with Crippen molar-refractivity contribution < 1.29 is 35.0 Å². The molecule has 3 aromatic rings. The quantitative estimate of drug-likeness (QED) is 0.294. The highest BCUT2D eigenvalue weighted by Crippen LogP contribution is 2.32. The van der Waals surface area contributed by atoms with Gasteiger partial charge in [-0.1, -0.05) is 13.8 Å². The summed E-state index contributed by atoms with van der Waals surface area (Å²) in [5.74, 6) is -0.162. The van der Waals surface area contributed by atoms with Gasteiger partial charge >= 0.3 is 15.6 Å². The fourth-order valence-corrected chi connectivity index (χ4v) is 4.62. The number of nitrogens with one attached hydrogen (secondary N) is 1. The van der Waals surface area contributed by atoms with Crippen molar-refractivity contribution in [3.8, 4) is 17.5 Å². The number of hydrogen-bond acceptors (Lipinski definition) is 7. The molecule has 0 bridgehead atoms. The SMILES string of the molecule is CC(C)c1cc(C#N)cc2nc(-c3ccc(C(=O)NCC4CC=C(OS(=O)(=O)C(F)(F)F)CC4)cc3)oc12. The molecule has 0 aliphatic heterocycles. The van der Waals surface area contributed by atoms with E-state index in [9.17, 15) is 31.6 Å². The van der Waals surface area contributed by atoms with Crippen molar-refractivity contribution in [1.82, 2.24) is 10.3 Å². The summed E-state index contributed by atoms with van der Waals surface area (Å²) in [6.07, 6.45) is 1.96. The number of aromatic nitrogens is 1. The molecule has 12 heteroatoms. The van der Waals surface area contributed by atoms with Crippen LogP contribution in [-0.2, 0) is 14.3 Å². The number of fused-ring (bicyclic) bond motifs is 1. The summed E-state index contributed by atoms with van der Waals surface area (Å²) in [7, 11) is -5.68. The number of oxazole rings is 1. The Bertz CT molecular complexity index is 1540. The van der Waals surface area contributed by atoms with Crippen LogP contribution >= 0.6 is 0 Å². The van der Waals surface area contributed by atoms with Crippen molar-refractivity contribution in [3.05, 3.63) is 64.9 Å². The maximum absolute atomic E-state index is 12.6. The van der Waals surface area contributed by atoms with Crippen LogP contribution in [0, 0.1) is 17.2 Å². The molecule has 38 heavy (non-hydrogen) atoms. The van der Waals surface area contributed by atoms with E-state index >= 15 is 0 Å². The van der Waals surface area contributed by atoms with Crippen molar-refractivity contribution >= 4 is 27.1 Å². The van der Waals surface area contributed by atoms with Gasteiger partial charge in [0.15, 0.2) is 5.58 Å². The summed E-state index contributed by atoms with van der Waals surface area (Å²) >= 11 is 0. The van der Waals surface area contributed by atoms with Gasteiger partial charge in [-0.25, -0.2) is 4.98 Å². The van der Waals surface area contributed by atoms with Gasteiger partial charge in [0.25, 0.3) is 5.91 Å². The molecule has 1 heterocycles. The molecule has 1 unspecified atom stereocenters. The van der Waals surface area contributed by atoms with E-state index in [2.05, 4.69) is 20.6 Å². The van der Waals surface area contributed by atoms with E-state index in [4.69, 9.17) is 4.42 Å². The van der Waals surface area contributed by atoms with E-state index in [-0.39, 0.29) is 42.9 Å². The predicted molar refractivity (Wildman–Crippen MR) is 132 cm³/mol. The zero-order valence-corrected chi connectivity index (χ0v) is 21.3. The Balaban J connectivity index is 1.38. The molecule has 0 saturated heterocycles. The maximum atomic E-state index is 12.6. The van der Waals surface area contributed by atoms with Gasteiger partial charge in [0.05, 0.1) is 11.6 Å². The highest BCUT2D eigenvalue weighted by Gasteiger charge is 2.48. The van der Waals surface area contributed by atoms with E-state index in [0.29, 0.717) is 40.1 Å². The van der Waals surface area contributed by atoms with E-state index in [1.54, 1.807) is 36.4 Å². The van der Waals surface area contributed by atoms with Gasteiger partial charge in [-0.2, -0.15) is 26.9 Å². The number of rotatable bonds is 7. The molecule has 1 aromatic heterocycles. The number of hydrogen-bond donors (Lipinski definition) is 1. The van der Waals surface area contributed by atoms with Gasteiger partial charge in [0, 0.05) is 29.7 Å². The predicted octanol–water partition coefficient (Wildman–Crippen LogP) is 5.77. The van der Waals surface area contributed by atoms with Gasteiger partial charge in [-0.15, -0.1) is 0 Å². The third-order valence-electron chi connectivity index (χ3n) is 6.19. The lowest BCUT2D eigenvalue weighted by molar-refractivity contribution is -0.0524. The van der Waals surface area contributed by atoms with Gasteiger partial charge in [-0.05, 0) is 67.2 Å². The number of benzene rings is 2. The first kappa shape index (κ1) is 27.2. The summed E-state index contributed by atoms with van der Waals surface area (Å²) in [6, 6.07) is 12.2. The Labute approximate surface area is 217 Å². The summed E-state index contributed by atoms with van der Waals surface area (Å²) in [5, 5.41) is 12.1. The molecule has 1 atom stereocenters. The molecule has 0 radical (unpaired) electrons. The first-order valence-corrected chi connectivity index (χ1v) is 13.2. The molecule has 0 fully saturated rings. The summed E-state index contributed by atoms with van der Waals surface area (Å²) in [4.78, 5) is 17.1. The van der Waals surface area contributed by atoms with Crippen molar-refractivity contribution in [2.75, 3.05) is 6.54 Å². The Morgan fingerprint density at radius 2 is 1.97 bits per heavy atom. The average Bonchev–Trinajstić information content (AvgIpc) is 3.30. The zero-order chi connectivity index (χ0) is 27.7. The largest absolute Gasteiger partial charge is 0.534 e. The highest BCUT2D eigenvalue weighted by atomic mass is 32.2. The van der Waals surface area contributed by atoms with Crippen molar-refractivity contribution in [1.29, 1.82) is 5.26 Å². The molecular formula is C26H24F3N3O5S. The minimum atomic E-state index is -5.68. The van der Waals surface area contributed by atoms with Crippen LogP contribution in [0.3, 0.4) is 0 Å². The second-order valence-electron chi connectivity index (χ2n) is 9.28. The van der Waals surface area contributed by atoms with Crippen LogP contribution in [0.5, 0.6) is 0 Å². The molecule has 200 valence electrons. The Morgan fingerprint density at radius 3 is 2.55 bits per heavy atom. The summed E-state index contributed by atoms with van der Waals surface area (Å²) in [5.41, 5.74) is -1.86. The van der Waals surface area contributed by atoms with Crippen LogP contribution in [-0.4, -0.2) is 31.4 Å². The summed E-state index contributed by atoms with van der Waals surface area (Å²) in [6.45, 7) is 4.27. The second kappa shape index (κ2) is 10.5. The monoisotopic (exact) mass is 547 g/mol. The molecule has 4 rings (SSSR count).